The lowest BCUT2D eigenvalue weighted by Gasteiger charge is -2.26. The van der Waals surface area contributed by atoms with Gasteiger partial charge in [0.05, 0.1) is 0 Å². The summed E-state index contributed by atoms with van der Waals surface area (Å²) in [7, 11) is 0. The summed E-state index contributed by atoms with van der Waals surface area (Å²) >= 11 is 0. The fourth-order valence-corrected chi connectivity index (χ4v) is 9.39. The first-order valence-corrected chi connectivity index (χ1v) is 21.2. The van der Waals surface area contributed by atoms with E-state index in [1.807, 2.05) is 12.1 Å². The average molecular weight is 790 g/mol. The van der Waals surface area contributed by atoms with Crippen LogP contribution in [-0.4, -0.2) is 0 Å². The van der Waals surface area contributed by atoms with E-state index in [-0.39, 0.29) is 0 Å². The molecular formula is C60H39NO. The van der Waals surface area contributed by atoms with Crippen LogP contribution < -0.4 is 4.90 Å². The zero-order valence-corrected chi connectivity index (χ0v) is 33.9. The van der Waals surface area contributed by atoms with Crippen LogP contribution in [0.5, 0.6) is 0 Å². The normalized spacial score (nSPS) is 11.5. The number of nitrogens with zero attached hydrogens (tertiary/aromatic N) is 1. The minimum atomic E-state index is 0.892. The summed E-state index contributed by atoms with van der Waals surface area (Å²) in [5, 5.41) is 9.81. The third kappa shape index (κ3) is 6.20. The molecule has 0 amide bonds. The van der Waals surface area contributed by atoms with E-state index in [0.717, 1.165) is 50.1 Å². The Morgan fingerprint density at radius 2 is 0.806 bits per heavy atom. The molecule has 290 valence electrons. The Labute approximate surface area is 360 Å². The zero-order chi connectivity index (χ0) is 41.0. The van der Waals surface area contributed by atoms with Crippen LogP contribution in [0, 0.1) is 0 Å². The van der Waals surface area contributed by atoms with Crippen LogP contribution in [0.15, 0.2) is 241 Å². The van der Waals surface area contributed by atoms with Crippen molar-refractivity contribution >= 4 is 71.3 Å². The minimum Gasteiger partial charge on any atom is -0.456 e. The molecule has 0 spiro atoms. The summed E-state index contributed by atoms with van der Waals surface area (Å²) < 4.78 is 6.31. The second-order valence-electron chi connectivity index (χ2n) is 16.1. The van der Waals surface area contributed by atoms with Gasteiger partial charge in [0.1, 0.15) is 11.2 Å². The van der Waals surface area contributed by atoms with Crippen molar-refractivity contribution in [3.63, 3.8) is 0 Å². The first kappa shape index (κ1) is 35.7. The van der Waals surface area contributed by atoms with Crippen LogP contribution in [-0.2, 0) is 0 Å². The molecule has 12 rings (SSSR count). The molecule has 0 atom stereocenters. The van der Waals surface area contributed by atoms with Crippen LogP contribution in [0.2, 0.25) is 0 Å². The quantitative estimate of drug-likeness (QED) is 0.150. The smallest absolute Gasteiger partial charge is 0.136 e. The lowest BCUT2D eigenvalue weighted by molar-refractivity contribution is 0.669. The summed E-state index contributed by atoms with van der Waals surface area (Å²) in [5.74, 6) is 0. The van der Waals surface area contributed by atoms with Gasteiger partial charge in [-0.25, -0.2) is 0 Å². The van der Waals surface area contributed by atoms with E-state index in [2.05, 4.69) is 229 Å². The van der Waals surface area contributed by atoms with Gasteiger partial charge in [0, 0.05) is 27.8 Å². The lowest BCUT2D eigenvalue weighted by Crippen LogP contribution is -2.10. The molecule has 12 aromatic rings. The highest BCUT2D eigenvalue weighted by atomic mass is 16.3. The van der Waals surface area contributed by atoms with Gasteiger partial charge < -0.3 is 9.32 Å². The molecule has 2 heteroatoms. The van der Waals surface area contributed by atoms with Gasteiger partial charge in [0.2, 0.25) is 0 Å². The van der Waals surface area contributed by atoms with Crippen molar-refractivity contribution in [3.8, 4) is 44.5 Å². The number of anilines is 3. The van der Waals surface area contributed by atoms with Crippen molar-refractivity contribution in [1.29, 1.82) is 0 Å². The van der Waals surface area contributed by atoms with E-state index in [1.54, 1.807) is 0 Å². The van der Waals surface area contributed by atoms with Gasteiger partial charge in [-0.2, -0.15) is 0 Å². The van der Waals surface area contributed by atoms with Gasteiger partial charge >= 0.3 is 0 Å². The van der Waals surface area contributed by atoms with E-state index >= 15 is 0 Å². The number of fused-ring (bicyclic) bond motifs is 7. The van der Waals surface area contributed by atoms with Crippen molar-refractivity contribution in [1.82, 2.24) is 0 Å². The fraction of sp³-hybridized carbons (Fsp3) is 0. The monoisotopic (exact) mass is 789 g/mol. The number of hydrogen-bond acceptors (Lipinski definition) is 2. The van der Waals surface area contributed by atoms with Crippen molar-refractivity contribution < 1.29 is 4.42 Å². The lowest BCUT2D eigenvalue weighted by atomic mass is 9.93. The van der Waals surface area contributed by atoms with Gasteiger partial charge in [-0.3, -0.25) is 0 Å². The molecule has 0 aliphatic rings. The summed E-state index contributed by atoms with van der Waals surface area (Å²) in [5.41, 5.74) is 14.5. The highest BCUT2D eigenvalue weighted by Crippen LogP contribution is 2.42. The second-order valence-corrected chi connectivity index (χ2v) is 16.1. The third-order valence-electron chi connectivity index (χ3n) is 12.4. The Balaban J connectivity index is 0.943. The van der Waals surface area contributed by atoms with Gasteiger partial charge in [0.25, 0.3) is 0 Å². The molecule has 1 aromatic heterocycles. The first-order chi connectivity index (χ1) is 30.7. The highest BCUT2D eigenvalue weighted by molar-refractivity contribution is 6.14. The molecule has 1 heterocycles. The maximum Gasteiger partial charge on any atom is 0.136 e. The maximum absolute atomic E-state index is 6.31. The van der Waals surface area contributed by atoms with Gasteiger partial charge in [-0.1, -0.05) is 176 Å². The standard InChI is InChI=1S/C60H39NO/c1-2-12-45-37-46(28-27-40(45)11-1)43-25-23-41(24-26-43)42-29-33-49(34-30-42)61(51-15-9-14-47(38-51)53-20-10-22-59-60(53)56-19-7-8-21-58(56)62-59)50-35-31-44(32-36-50)57-39-48-13-3-4-16-52(48)54-17-5-6-18-55(54)57/h1-39H. The third-order valence-corrected chi connectivity index (χ3v) is 12.4. The van der Waals surface area contributed by atoms with E-state index in [1.165, 1.54) is 65.7 Å². The van der Waals surface area contributed by atoms with Crippen molar-refractivity contribution in [2.24, 2.45) is 0 Å². The van der Waals surface area contributed by atoms with E-state index in [9.17, 15) is 0 Å². The molecule has 0 unspecified atom stereocenters. The molecule has 0 bridgehead atoms. The first-order valence-electron chi connectivity index (χ1n) is 21.2. The Morgan fingerprint density at radius 3 is 1.56 bits per heavy atom. The SMILES string of the molecule is c1cc(-c2cccc3oc4ccccc4c23)cc(N(c2ccc(-c3ccc(-c4ccc5ccccc5c4)cc3)cc2)c2ccc(-c3cc4ccccc4c4ccccc34)cc2)c1. The largest absolute Gasteiger partial charge is 0.456 e. The summed E-state index contributed by atoms with van der Waals surface area (Å²) in [6.07, 6.45) is 0. The van der Waals surface area contributed by atoms with Gasteiger partial charge in [-0.15, -0.1) is 0 Å². The molecule has 0 fully saturated rings. The fourth-order valence-electron chi connectivity index (χ4n) is 9.39. The Bertz CT molecular complexity index is 3620. The summed E-state index contributed by atoms with van der Waals surface area (Å²) in [6, 6.07) is 85.5. The van der Waals surface area contributed by atoms with Crippen LogP contribution in [0.25, 0.3) is 98.8 Å². The van der Waals surface area contributed by atoms with E-state index in [4.69, 9.17) is 4.42 Å². The molecule has 0 saturated heterocycles. The van der Waals surface area contributed by atoms with E-state index in [0.29, 0.717) is 0 Å². The number of rotatable bonds is 7. The predicted octanol–water partition coefficient (Wildman–Crippen LogP) is 17.2. The predicted molar refractivity (Wildman–Crippen MR) is 263 cm³/mol. The maximum atomic E-state index is 6.31. The van der Waals surface area contributed by atoms with Crippen molar-refractivity contribution in [2.75, 3.05) is 4.90 Å². The van der Waals surface area contributed by atoms with E-state index < -0.39 is 0 Å². The van der Waals surface area contributed by atoms with Crippen LogP contribution in [0.3, 0.4) is 0 Å². The minimum absolute atomic E-state index is 0.892. The van der Waals surface area contributed by atoms with Gasteiger partial charge in [-0.05, 0) is 137 Å². The Kier molecular flexibility index (Phi) is 8.53. The zero-order valence-electron chi connectivity index (χ0n) is 33.9. The van der Waals surface area contributed by atoms with Crippen molar-refractivity contribution in [3.05, 3.63) is 237 Å². The number of hydrogen-bond donors (Lipinski definition) is 0. The molecule has 11 aromatic carbocycles. The Hall–Kier alpha value is -8.20. The highest BCUT2D eigenvalue weighted by Gasteiger charge is 2.18. The van der Waals surface area contributed by atoms with Crippen molar-refractivity contribution in [2.45, 2.75) is 0 Å². The Morgan fingerprint density at radius 1 is 0.258 bits per heavy atom. The van der Waals surface area contributed by atoms with Gasteiger partial charge in [0.15, 0.2) is 0 Å². The number of para-hydroxylation sites is 1. The van der Waals surface area contributed by atoms with Crippen LogP contribution in [0.1, 0.15) is 0 Å². The molecular weight excluding hydrogens is 751 g/mol. The topological polar surface area (TPSA) is 16.4 Å². The molecule has 2 nitrogen and oxygen atoms in total. The number of benzene rings is 11. The summed E-state index contributed by atoms with van der Waals surface area (Å²) in [6.45, 7) is 0. The molecule has 62 heavy (non-hydrogen) atoms. The summed E-state index contributed by atoms with van der Waals surface area (Å²) in [4.78, 5) is 2.37. The molecule has 0 aliphatic heterocycles. The average Bonchev–Trinajstić information content (AvgIpc) is 3.73. The molecule has 0 radical (unpaired) electrons. The number of furan rings is 1. The molecule has 0 aliphatic carbocycles. The molecule has 0 saturated carbocycles. The molecule has 0 N–H and O–H groups in total. The second kappa shape index (κ2) is 14.8. The van der Waals surface area contributed by atoms with Crippen LogP contribution in [0.4, 0.5) is 17.1 Å². The van der Waals surface area contributed by atoms with Crippen LogP contribution >= 0.6 is 0 Å².